The number of halogens is 2. The van der Waals surface area contributed by atoms with E-state index in [-0.39, 0.29) is 12.0 Å². The van der Waals surface area contributed by atoms with Crippen molar-refractivity contribution in [1.82, 2.24) is 9.71 Å². The monoisotopic (exact) mass is 352 g/mol. The van der Waals surface area contributed by atoms with Crippen molar-refractivity contribution in [2.45, 2.75) is 31.7 Å². The lowest BCUT2D eigenvalue weighted by atomic mass is 9.88. The number of rotatable bonds is 7. The highest BCUT2D eigenvalue weighted by molar-refractivity contribution is 9.09. The Bertz CT molecular complexity index is 520. The van der Waals surface area contributed by atoms with Gasteiger partial charge in [-0.15, -0.1) is 0 Å². The Morgan fingerprint density at radius 1 is 1.47 bits per heavy atom. The zero-order valence-corrected chi connectivity index (χ0v) is 13.4. The Balaban J connectivity index is 2.74. The molecule has 7 heteroatoms. The molecule has 0 spiro atoms. The van der Waals surface area contributed by atoms with Gasteiger partial charge in [-0.3, -0.25) is 0 Å². The molecule has 1 aromatic heterocycles. The average Bonchev–Trinajstić information content (AvgIpc) is 2.35. The maximum Gasteiger partial charge on any atom is 0.261 e. The van der Waals surface area contributed by atoms with E-state index < -0.39 is 20.9 Å². The number of sulfonamides is 1. The molecule has 0 atom stereocenters. The molecule has 0 bridgehead atoms. The van der Waals surface area contributed by atoms with Gasteiger partial charge in [-0.2, -0.15) is 0 Å². The van der Waals surface area contributed by atoms with Gasteiger partial charge in [-0.1, -0.05) is 29.8 Å². The topological polar surface area (TPSA) is 59.1 Å². The van der Waals surface area contributed by atoms with Crippen molar-refractivity contribution < 1.29 is 12.8 Å². The molecular weight excluding hydrogens is 335 g/mol. The normalized spacial score (nSPS) is 12.6. The van der Waals surface area contributed by atoms with Crippen LogP contribution in [0.25, 0.3) is 0 Å². The minimum atomic E-state index is -3.90. The molecule has 0 unspecified atom stereocenters. The summed E-state index contributed by atoms with van der Waals surface area (Å²) in [6.07, 6.45) is 3.08. The van der Waals surface area contributed by atoms with Crippen molar-refractivity contribution in [1.29, 1.82) is 0 Å². The highest BCUT2D eigenvalue weighted by atomic mass is 79.9. The van der Waals surface area contributed by atoms with Gasteiger partial charge in [0.25, 0.3) is 10.0 Å². The van der Waals surface area contributed by atoms with Crippen LogP contribution in [0.5, 0.6) is 0 Å². The largest absolute Gasteiger partial charge is 0.261 e. The molecule has 0 fully saturated rings. The van der Waals surface area contributed by atoms with Gasteiger partial charge in [-0.05, 0) is 30.4 Å². The maximum atomic E-state index is 13.4. The van der Waals surface area contributed by atoms with Crippen LogP contribution in [0.2, 0.25) is 0 Å². The predicted molar refractivity (Wildman–Crippen MR) is 76.2 cm³/mol. The third-order valence-corrected chi connectivity index (χ3v) is 4.60. The van der Waals surface area contributed by atoms with E-state index in [1.54, 1.807) is 0 Å². The summed E-state index contributed by atoms with van der Waals surface area (Å²) in [5.41, 5.74) is -0.188. The molecule has 1 rings (SSSR count). The minimum absolute atomic E-state index is 0.188. The number of nitrogens with one attached hydrogen (secondary N) is 1. The van der Waals surface area contributed by atoms with Crippen molar-refractivity contribution in [2.24, 2.45) is 5.41 Å². The third kappa shape index (κ3) is 5.16. The quantitative estimate of drug-likeness (QED) is 0.767. The van der Waals surface area contributed by atoms with Crippen molar-refractivity contribution >= 4 is 26.0 Å². The van der Waals surface area contributed by atoms with E-state index in [4.69, 9.17) is 0 Å². The molecule has 0 aliphatic rings. The molecule has 0 saturated carbocycles. The van der Waals surface area contributed by atoms with E-state index in [1.807, 2.05) is 13.8 Å². The minimum Gasteiger partial charge on any atom is -0.241 e. The lowest BCUT2D eigenvalue weighted by molar-refractivity contribution is 0.331. The summed E-state index contributed by atoms with van der Waals surface area (Å²) >= 11 is 3.34. The van der Waals surface area contributed by atoms with E-state index in [0.717, 1.165) is 24.2 Å². The summed E-state index contributed by atoms with van der Waals surface area (Å²) < 4.78 is 39.7. The third-order valence-electron chi connectivity index (χ3n) is 2.71. The van der Waals surface area contributed by atoms with E-state index >= 15 is 0 Å². The molecule has 0 aliphatic carbocycles. The molecule has 108 valence electrons. The van der Waals surface area contributed by atoms with Crippen LogP contribution in [0.15, 0.2) is 23.4 Å². The van der Waals surface area contributed by atoms with Gasteiger partial charge in [0.15, 0.2) is 5.82 Å². The first-order chi connectivity index (χ1) is 8.78. The van der Waals surface area contributed by atoms with E-state index in [2.05, 4.69) is 25.6 Å². The first-order valence-corrected chi connectivity index (χ1v) is 8.55. The smallest absolute Gasteiger partial charge is 0.241 e. The van der Waals surface area contributed by atoms with Crippen molar-refractivity contribution in [2.75, 3.05) is 11.9 Å². The Morgan fingerprint density at radius 2 is 2.16 bits per heavy atom. The second-order valence-electron chi connectivity index (χ2n) is 5.07. The van der Waals surface area contributed by atoms with Gasteiger partial charge in [0.05, 0.1) is 0 Å². The second-order valence-corrected chi connectivity index (χ2v) is 7.55. The van der Waals surface area contributed by atoms with E-state index in [1.165, 1.54) is 12.3 Å². The Kier molecular flexibility index (Phi) is 5.88. The standard InChI is InChI=1S/C12H18BrFN2O2S/c1-12(2,6-4-7-13)9-16-19(17,18)11-10(14)5-3-8-15-11/h3,5,8,16H,4,6-7,9H2,1-2H3. The Labute approximate surface area is 122 Å². The molecule has 0 amide bonds. The molecule has 4 nitrogen and oxygen atoms in total. The summed E-state index contributed by atoms with van der Waals surface area (Å²) in [4.78, 5) is 3.58. The van der Waals surface area contributed by atoms with Gasteiger partial charge < -0.3 is 0 Å². The number of alkyl halides is 1. The molecule has 0 saturated heterocycles. The summed E-state index contributed by atoms with van der Waals surface area (Å²) in [6, 6.07) is 2.44. The summed E-state index contributed by atoms with van der Waals surface area (Å²) in [6.45, 7) is 4.18. The summed E-state index contributed by atoms with van der Waals surface area (Å²) in [7, 11) is -3.90. The van der Waals surface area contributed by atoms with Crippen molar-refractivity contribution in [3.05, 3.63) is 24.1 Å². The zero-order chi connectivity index (χ0) is 14.5. The fourth-order valence-electron chi connectivity index (χ4n) is 1.56. The first kappa shape index (κ1) is 16.5. The predicted octanol–water partition coefficient (Wildman–Crippen LogP) is 2.70. The number of nitrogens with zero attached hydrogens (tertiary/aromatic N) is 1. The molecular formula is C12H18BrFN2O2S. The van der Waals surface area contributed by atoms with E-state index in [9.17, 15) is 12.8 Å². The van der Waals surface area contributed by atoms with Crippen LogP contribution in [-0.4, -0.2) is 25.3 Å². The molecule has 0 aliphatic heterocycles. The van der Waals surface area contributed by atoms with Crippen LogP contribution in [0, 0.1) is 11.2 Å². The maximum absolute atomic E-state index is 13.4. The zero-order valence-electron chi connectivity index (χ0n) is 11.0. The van der Waals surface area contributed by atoms with Gasteiger partial charge in [0.1, 0.15) is 0 Å². The lowest BCUT2D eigenvalue weighted by Crippen LogP contribution is -2.34. The second kappa shape index (κ2) is 6.76. The van der Waals surface area contributed by atoms with Crippen LogP contribution in [0.4, 0.5) is 4.39 Å². The highest BCUT2D eigenvalue weighted by Gasteiger charge is 2.24. The molecule has 0 aromatic carbocycles. The van der Waals surface area contributed by atoms with Crippen LogP contribution >= 0.6 is 15.9 Å². The van der Waals surface area contributed by atoms with Crippen molar-refractivity contribution in [3.63, 3.8) is 0 Å². The molecule has 1 heterocycles. The van der Waals surface area contributed by atoms with Gasteiger partial charge >= 0.3 is 0 Å². The highest BCUT2D eigenvalue weighted by Crippen LogP contribution is 2.22. The van der Waals surface area contributed by atoms with Crippen LogP contribution in [0.3, 0.4) is 0 Å². The van der Waals surface area contributed by atoms with Gasteiger partial charge in [0.2, 0.25) is 5.03 Å². The van der Waals surface area contributed by atoms with E-state index in [0.29, 0.717) is 0 Å². The van der Waals surface area contributed by atoms with Crippen molar-refractivity contribution in [3.8, 4) is 0 Å². The number of aromatic nitrogens is 1. The number of hydrogen-bond acceptors (Lipinski definition) is 3. The molecule has 1 aromatic rings. The number of hydrogen-bond donors (Lipinski definition) is 1. The molecule has 0 radical (unpaired) electrons. The molecule has 19 heavy (non-hydrogen) atoms. The SMILES string of the molecule is CC(C)(CCCBr)CNS(=O)(=O)c1ncccc1F. The van der Waals surface area contributed by atoms with Gasteiger partial charge in [-0.25, -0.2) is 22.5 Å². The Morgan fingerprint density at radius 3 is 2.74 bits per heavy atom. The van der Waals surface area contributed by atoms with Gasteiger partial charge in [0, 0.05) is 18.1 Å². The summed E-state index contributed by atoms with van der Waals surface area (Å²) in [5, 5.41) is 0.323. The average molecular weight is 353 g/mol. The number of pyridine rings is 1. The van der Waals surface area contributed by atoms with Crippen LogP contribution < -0.4 is 4.72 Å². The fourth-order valence-corrected chi connectivity index (χ4v) is 3.08. The fraction of sp³-hybridized carbons (Fsp3) is 0.583. The molecule has 1 N–H and O–H groups in total. The first-order valence-electron chi connectivity index (χ1n) is 5.95. The van der Waals surface area contributed by atoms with Crippen LogP contribution in [-0.2, 0) is 10.0 Å². The lowest BCUT2D eigenvalue weighted by Gasteiger charge is -2.24. The van der Waals surface area contributed by atoms with Crippen LogP contribution in [0.1, 0.15) is 26.7 Å². The summed E-state index contributed by atoms with van der Waals surface area (Å²) in [5.74, 6) is -0.840. The Hall–Kier alpha value is -0.530.